The maximum atomic E-state index is 12.6. The van der Waals surface area contributed by atoms with Gasteiger partial charge in [0, 0.05) is 17.9 Å². The van der Waals surface area contributed by atoms with E-state index in [2.05, 4.69) is 23.6 Å². The van der Waals surface area contributed by atoms with Crippen molar-refractivity contribution in [2.45, 2.75) is 65.3 Å². The highest BCUT2D eigenvalue weighted by atomic mass is 16.1. The van der Waals surface area contributed by atoms with Gasteiger partial charge >= 0.3 is 0 Å². The Balaban J connectivity index is 1.43. The van der Waals surface area contributed by atoms with E-state index in [4.69, 9.17) is 0 Å². The zero-order valence-electron chi connectivity index (χ0n) is 17.2. The van der Waals surface area contributed by atoms with Gasteiger partial charge in [-0.05, 0) is 94.1 Å². The van der Waals surface area contributed by atoms with Crippen LogP contribution in [0, 0.1) is 48.3 Å². The first-order valence-corrected chi connectivity index (χ1v) is 10.6. The molecule has 148 valence electrons. The van der Waals surface area contributed by atoms with E-state index in [1.807, 2.05) is 32.0 Å². The van der Waals surface area contributed by atoms with E-state index in [0.717, 1.165) is 34.6 Å². The fourth-order valence-corrected chi connectivity index (χ4v) is 6.39. The first-order valence-electron chi connectivity index (χ1n) is 10.6. The fourth-order valence-electron chi connectivity index (χ4n) is 6.39. The monoisotopic (exact) mass is 377 g/mol. The number of nitriles is 1. The molecule has 4 fully saturated rings. The predicted octanol–water partition coefficient (Wildman–Crippen LogP) is 4.84. The molecule has 2 N–H and O–H groups in total. The molecule has 0 aliphatic heterocycles. The van der Waals surface area contributed by atoms with E-state index >= 15 is 0 Å². The van der Waals surface area contributed by atoms with Gasteiger partial charge in [0.2, 0.25) is 0 Å². The molecule has 0 aromatic heterocycles. The minimum atomic E-state index is -0.348. The number of rotatable bonds is 5. The van der Waals surface area contributed by atoms with Gasteiger partial charge in [-0.3, -0.25) is 4.79 Å². The van der Waals surface area contributed by atoms with Gasteiger partial charge in [-0.25, -0.2) is 0 Å². The third kappa shape index (κ3) is 3.55. The Hall–Kier alpha value is -2.28. The van der Waals surface area contributed by atoms with Gasteiger partial charge in [-0.15, -0.1) is 0 Å². The smallest absolute Gasteiger partial charge is 0.267 e. The van der Waals surface area contributed by atoms with Gasteiger partial charge in [0.25, 0.3) is 5.91 Å². The van der Waals surface area contributed by atoms with E-state index in [9.17, 15) is 10.1 Å². The number of aryl methyl sites for hydroxylation is 2. The number of carbonyl (C=O) groups is 1. The maximum Gasteiger partial charge on any atom is 0.267 e. The van der Waals surface area contributed by atoms with Crippen LogP contribution in [-0.2, 0) is 4.79 Å². The van der Waals surface area contributed by atoms with Crippen LogP contribution >= 0.6 is 0 Å². The number of hydrogen-bond acceptors (Lipinski definition) is 3. The van der Waals surface area contributed by atoms with E-state index in [-0.39, 0.29) is 17.5 Å². The van der Waals surface area contributed by atoms with Crippen molar-refractivity contribution in [3.63, 3.8) is 0 Å². The van der Waals surface area contributed by atoms with Crippen LogP contribution in [0.5, 0.6) is 0 Å². The van der Waals surface area contributed by atoms with Crippen molar-refractivity contribution >= 4 is 11.6 Å². The Morgan fingerprint density at radius 3 is 2.32 bits per heavy atom. The normalized spacial score (nSPS) is 31.9. The Morgan fingerprint density at radius 1 is 1.18 bits per heavy atom. The van der Waals surface area contributed by atoms with E-state index in [1.54, 1.807) is 6.20 Å². The second-order valence-electron chi connectivity index (χ2n) is 9.61. The highest BCUT2D eigenvalue weighted by molar-refractivity contribution is 6.06. The van der Waals surface area contributed by atoms with Gasteiger partial charge in [0.1, 0.15) is 11.6 Å². The minimum absolute atomic E-state index is 0.136. The molecular formula is C24H31N3O. The van der Waals surface area contributed by atoms with Crippen molar-refractivity contribution in [1.82, 2.24) is 5.32 Å². The van der Waals surface area contributed by atoms with Gasteiger partial charge in [-0.2, -0.15) is 5.26 Å². The lowest BCUT2D eigenvalue weighted by Gasteiger charge is -2.59. The molecule has 1 unspecified atom stereocenters. The van der Waals surface area contributed by atoms with Crippen LogP contribution in [-0.4, -0.2) is 11.9 Å². The molecular weight excluding hydrogens is 346 g/mol. The molecule has 0 spiro atoms. The highest BCUT2D eigenvalue weighted by Gasteiger charge is 2.53. The molecule has 4 aliphatic carbocycles. The Morgan fingerprint density at radius 2 is 1.79 bits per heavy atom. The van der Waals surface area contributed by atoms with Crippen molar-refractivity contribution in [1.29, 1.82) is 5.26 Å². The fraction of sp³-hybridized carbons (Fsp3) is 0.583. The summed E-state index contributed by atoms with van der Waals surface area (Å²) >= 11 is 0. The molecule has 1 aromatic carbocycles. The number of nitrogens with zero attached hydrogens (tertiary/aromatic N) is 1. The molecule has 28 heavy (non-hydrogen) atoms. The largest absolute Gasteiger partial charge is 0.387 e. The van der Waals surface area contributed by atoms with Crippen LogP contribution in [0.3, 0.4) is 0 Å². The average molecular weight is 378 g/mol. The van der Waals surface area contributed by atoms with E-state index < -0.39 is 0 Å². The molecule has 1 aromatic rings. The summed E-state index contributed by atoms with van der Waals surface area (Å²) in [5, 5.41) is 15.8. The summed E-state index contributed by atoms with van der Waals surface area (Å²) in [6, 6.07) is 8.24. The zero-order valence-corrected chi connectivity index (χ0v) is 17.2. The lowest BCUT2D eigenvalue weighted by molar-refractivity contribution is -0.112. The lowest BCUT2D eigenvalue weighted by Crippen LogP contribution is -2.54. The summed E-state index contributed by atoms with van der Waals surface area (Å²) in [4.78, 5) is 12.6. The molecule has 4 nitrogen and oxygen atoms in total. The van der Waals surface area contributed by atoms with Crippen molar-refractivity contribution < 1.29 is 4.79 Å². The molecule has 4 aliphatic rings. The molecule has 0 radical (unpaired) electrons. The molecule has 0 saturated heterocycles. The van der Waals surface area contributed by atoms with Crippen molar-refractivity contribution in [2.24, 2.45) is 23.2 Å². The van der Waals surface area contributed by atoms with Crippen LogP contribution in [0.4, 0.5) is 5.69 Å². The lowest BCUT2D eigenvalue weighted by atomic mass is 9.48. The average Bonchev–Trinajstić information content (AvgIpc) is 2.63. The number of benzene rings is 1. The quantitative estimate of drug-likeness (QED) is 0.570. The summed E-state index contributed by atoms with van der Waals surface area (Å²) in [6.07, 6.45) is 9.81. The van der Waals surface area contributed by atoms with Gasteiger partial charge in [-0.1, -0.05) is 17.7 Å². The molecule has 5 rings (SSSR count). The summed E-state index contributed by atoms with van der Waals surface area (Å²) in [7, 11) is 0. The van der Waals surface area contributed by atoms with E-state index in [1.165, 1.54) is 38.5 Å². The Labute approximate surface area is 168 Å². The van der Waals surface area contributed by atoms with E-state index in [0.29, 0.717) is 5.41 Å². The standard InChI is InChI=1S/C24H31N3O/c1-15-4-5-22(16(2)6-15)27-23(28)21(13-25)14-26-17(3)24-10-18-7-19(11-24)9-20(8-18)12-24/h4-6,14,17-20,26H,7-12H2,1-3H3,(H,27,28)/b21-14-. The molecule has 0 heterocycles. The van der Waals surface area contributed by atoms with Crippen LogP contribution < -0.4 is 10.6 Å². The van der Waals surface area contributed by atoms with Crippen LogP contribution in [0.15, 0.2) is 30.0 Å². The maximum absolute atomic E-state index is 12.6. The first kappa shape index (κ1) is 19.1. The molecule has 4 bridgehead atoms. The van der Waals surface area contributed by atoms with Crippen molar-refractivity contribution in [2.75, 3.05) is 5.32 Å². The third-order valence-corrected chi connectivity index (χ3v) is 7.48. The Kier molecular flexibility index (Phi) is 4.95. The number of carbonyl (C=O) groups excluding carboxylic acids is 1. The predicted molar refractivity (Wildman–Crippen MR) is 111 cm³/mol. The topological polar surface area (TPSA) is 64.9 Å². The Bertz CT molecular complexity index is 813. The van der Waals surface area contributed by atoms with Gasteiger partial charge in [0.15, 0.2) is 0 Å². The molecule has 4 heteroatoms. The number of amides is 1. The minimum Gasteiger partial charge on any atom is -0.387 e. The summed E-state index contributed by atoms with van der Waals surface area (Å²) in [5.41, 5.74) is 3.39. The number of anilines is 1. The molecule has 4 saturated carbocycles. The first-order chi connectivity index (χ1) is 13.4. The second-order valence-corrected chi connectivity index (χ2v) is 9.61. The summed E-state index contributed by atoms with van der Waals surface area (Å²) in [5.74, 6) is 2.33. The molecule has 1 amide bonds. The number of nitrogens with one attached hydrogen (secondary N) is 2. The van der Waals surface area contributed by atoms with Gasteiger partial charge < -0.3 is 10.6 Å². The molecule has 1 atom stereocenters. The second kappa shape index (κ2) is 7.28. The highest BCUT2D eigenvalue weighted by Crippen LogP contribution is 2.61. The van der Waals surface area contributed by atoms with Crippen LogP contribution in [0.1, 0.15) is 56.6 Å². The third-order valence-electron chi connectivity index (χ3n) is 7.48. The summed E-state index contributed by atoms with van der Waals surface area (Å²) in [6.45, 7) is 6.22. The SMILES string of the molecule is Cc1ccc(NC(=O)/C(C#N)=C\NC(C)C23CC4CC(CC(C4)C2)C3)c(C)c1. The zero-order chi connectivity index (χ0) is 19.9. The van der Waals surface area contributed by atoms with Crippen molar-refractivity contribution in [3.05, 3.63) is 41.1 Å². The van der Waals surface area contributed by atoms with Crippen molar-refractivity contribution in [3.8, 4) is 6.07 Å². The van der Waals surface area contributed by atoms with Gasteiger partial charge in [0.05, 0.1) is 0 Å². The summed E-state index contributed by atoms with van der Waals surface area (Å²) < 4.78 is 0. The van der Waals surface area contributed by atoms with Crippen LogP contribution in [0.2, 0.25) is 0 Å². The van der Waals surface area contributed by atoms with Crippen LogP contribution in [0.25, 0.3) is 0 Å². The number of hydrogen-bond donors (Lipinski definition) is 2.